The molecule has 6 heteroatoms. The molecule has 1 saturated heterocycles. The summed E-state index contributed by atoms with van der Waals surface area (Å²) in [5, 5.41) is 3.21. The van der Waals surface area contributed by atoms with Crippen molar-refractivity contribution in [1.29, 1.82) is 0 Å². The minimum atomic E-state index is -0.736. The number of benzene rings is 1. The predicted octanol–water partition coefficient (Wildman–Crippen LogP) is 1.78. The molecule has 134 valence electrons. The van der Waals surface area contributed by atoms with Crippen LogP contribution >= 0.6 is 0 Å². The second-order valence-corrected chi connectivity index (χ2v) is 6.84. The summed E-state index contributed by atoms with van der Waals surface area (Å²) < 4.78 is 4.72. The van der Waals surface area contributed by atoms with Crippen LogP contribution in [-0.2, 0) is 25.7 Å². The molecular formula is C19H24N2O4. The normalized spacial score (nSPS) is 22.9. The van der Waals surface area contributed by atoms with Gasteiger partial charge in [-0.3, -0.25) is 24.6 Å². The summed E-state index contributed by atoms with van der Waals surface area (Å²) in [4.78, 5) is 39.0. The minimum absolute atomic E-state index is 0.0599. The van der Waals surface area contributed by atoms with E-state index in [1.165, 1.54) is 12.0 Å². The maximum atomic E-state index is 13.1. The quantitative estimate of drug-likeness (QED) is 0.666. The van der Waals surface area contributed by atoms with Gasteiger partial charge in [0, 0.05) is 0 Å². The number of nitrogens with zero attached hydrogens (tertiary/aromatic N) is 1. The molecule has 25 heavy (non-hydrogen) atoms. The molecular weight excluding hydrogens is 320 g/mol. The maximum Gasteiger partial charge on any atom is 0.307 e. The van der Waals surface area contributed by atoms with Crippen molar-refractivity contribution in [2.75, 3.05) is 7.11 Å². The standard InChI is InChI=1S/C19H24N2O4/c1-25-16(22)12-15-17(23)21(13-14-8-4-2-5-9-14)18(24)19(20-15)10-6-3-7-11-19/h2,4-5,8-9,15,20H,3,6-7,10-13H2,1H3/t15-/m0/s1. The molecule has 1 aliphatic carbocycles. The molecule has 1 N–H and O–H groups in total. The Kier molecular flexibility index (Phi) is 5.18. The predicted molar refractivity (Wildman–Crippen MR) is 91.4 cm³/mol. The number of imide groups is 1. The van der Waals surface area contributed by atoms with Crippen molar-refractivity contribution in [3.63, 3.8) is 0 Å². The van der Waals surface area contributed by atoms with Crippen LogP contribution in [0.15, 0.2) is 30.3 Å². The molecule has 3 rings (SSSR count). The maximum absolute atomic E-state index is 13.1. The number of hydrogen-bond donors (Lipinski definition) is 1. The zero-order valence-electron chi connectivity index (χ0n) is 14.5. The van der Waals surface area contributed by atoms with Crippen molar-refractivity contribution in [2.24, 2.45) is 0 Å². The molecule has 0 unspecified atom stereocenters. The average molecular weight is 344 g/mol. The van der Waals surface area contributed by atoms with Gasteiger partial charge >= 0.3 is 5.97 Å². The van der Waals surface area contributed by atoms with Crippen LogP contribution in [0.5, 0.6) is 0 Å². The number of amides is 2. The summed E-state index contributed by atoms with van der Waals surface area (Å²) in [6.45, 7) is 0.236. The molecule has 1 aromatic carbocycles. The topological polar surface area (TPSA) is 75.7 Å². The van der Waals surface area contributed by atoms with Gasteiger partial charge in [-0.05, 0) is 18.4 Å². The summed E-state index contributed by atoms with van der Waals surface area (Å²) in [5.74, 6) is -0.969. The number of methoxy groups -OCH3 is 1. The van der Waals surface area contributed by atoms with Gasteiger partial charge < -0.3 is 4.74 Å². The first kappa shape index (κ1) is 17.6. The van der Waals surface area contributed by atoms with E-state index in [0.29, 0.717) is 12.8 Å². The van der Waals surface area contributed by atoms with Gasteiger partial charge in [0.15, 0.2) is 0 Å². The number of hydrogen-bond acceptors (Lipinski definition) is 5. The summed E-state index contributed by atoms with van der Waals surface area (Å²) in [7, 11) is 1.30. The van der Waals surface area contributed by atoms with Crippen molar-refractivity contribution in [1.82, 2.24) is 10.2 Å². The van der Waals surface area contributed by atoms with Gasteiger partial charge in [-0.25, -0.2) is 0 Å². The highest BCUT2D eigenvalue weighted by molar-refractivity contribution is 6.05. The SMILES string of the molecule is COC(=O)C[C@@H]1NC2(CCCCC2)C(=O)N(Cc2ccccc2)C1=O. The van der Waals surface area contributed by atoms with E-state index in [9.17, 15) is 14.4 Å². The number of rotatable bonds is 4. The molecule has 1 spiro atoms. The van der Waals surface area contributed by atoms with E-state index in [2.05, 4.69) is 5.32 Å². The third-order valence-electron chi connectivity index (χ3n) is 5.16. The number of nitrogens with one attached hydrogen (secondary N) is 1. The molecule has 0 bridgehead atoms. The highest BCUT2D eigenvalue weighted by Crippen LogP contribution is 2.34. The van der Waals surface area contributed by atoms with E-state index >= 15 is 0 Å². The zero-order valence-corrected chi connectivity index (χ0v) is 14.5. The Hall–Kier alpha value is -2.21. The highest BCUT2D eigenvalue weighted by atomic mass is 16.5. The van der Waals surface area contributed by atoms with Crippen LogP contribution in [0.1, 0.15) is 44.1 Å². The summed E-state index contributed by atoms with van der Waals surface area (Å²) in [5.41, 5.74) is 0.161. The van der Waals surface area contributed by atoms with Crippen molar-refractivity contribution in [2.45, 2.75) is 56.7 Å². The Bertz CT molecular complexity index is 653. The summed E-state index contributed by atoms with van der Waals surface area (Å²) in [6.07, 6.45) is 4.30. The fraction of sp³-hybridized carbons (Fsp3) is 0.526. The van der Waals surface area contributed by atoms with Crippen molar-refractivity contribution >= 4 is 17.8 Å². The lowest BCUT2D eigenvalue weighted by Gasteiger charge is -2.46. The first-order chi connectivity index (χ1) is 12.1. The second-order valence-electron chi connectivity index (χ2n) is 6.84. The van der Waals surface area contributed by atoms with Gasteiger partial charge in [0.25, 0.3) is 0 Å². The first-order valence-electron chi connectivity index (χ1n) is 8.80. The molecule has 6 nitrogen and oxygen atoms in total. The van der Waals surface area contributed by atoms with Gasteiger partial charge in [-0.1, -0.05) is 49.6 Å². The summed E-state index contributed by atoms with van der Waals surface area (Å²) >= 11 is 0. The third-order valence-corrected chi connectivity index (χ3v) is 5.16. The van der Waals surface area contributed by atoms with Crippen LogP contribution in [0.4, 0.5) is 0 Å². The van der Waals surface area contributed by atoms with Crippen LogP contribution in [-0.4, -0.2) is 41.4 Å². The van der Waals surface area contributed by atoms with Crippen molar-refractivity contribution in [3.05, 3.63) is 35.9 Å². The fourth-order valence-electron chi connectivity index (χ4n) is 3.82. The lowest BCUT2D eigenvalue weighted by molar-refractivity contribution is -0.161. The van der Waals surface area contributed by atoms with Crippen LogP contribution in [0.3, 0.4) is 0 Å². The number of carbonyl (C=O) groups is 3. The highest BCUT2D eigenvalue weighted by Gasteiger charge is 2.51. The van der Waals surface area contributed by atoms with Gasteiger partial charge in [-0.15, -0.1) is 0 Å². The van der Waals surface area contributed by atoms with E-state index in [1.807, 2.05) is 30.3 Å². The van der Waals surface area contributed by atoms with Crippen molar-refractivity contribution < 1.29 is 19.1 Å². The molecule has 0 radical (unpaired) electrons. The molecule has 1 heterocycles. The fourth-order valence-corrected chi connectivity index (χ4v) is 3.82. The number of piperazine rings is 1. The molecule has 2 fully saturated rings. The van der Waals surface area contributed by atoms with Gasteiger partial charge in [0.2, 0.25) is 11.8 Å². The third kappa shape index (κ3) is 3.58. The van der Waals surface area contributed by atoms with E-state index in [-0.39, 0.29) is 24.8 Å². The van der Waals surface area contributed by atoms with Crippen LogP contribution < -0.4 is 5.32 Å². The smallest absolute Gasteiger partial charge is 0.307 e. The molecule has 1 aromatic rings. The average Bonchev–Trinajstić information content (AvgIpc) is 2.65. The molecule has 0 aromatic heterocycles. The Balaban J connectivity index is 1.88. The molecule has 1 aliphatic heterocycles. The number of esters is 1. The molecule has 1 atom stereocenters. The van der Waals surface area contributed by atoms with Crippen LogP contribution in [0.25, 0.3) is 0 Å². The van der Waals surface area contributed by atoms with E-state index in [0.717, 1.165) is 24.8 Å². The van der Waals surface area contributed by atoms with E-state index in [4.69, 9.17) is 4.74 Å². The van der Waals surface area contributed by atoms with Crippen LogP contribution in [0.2, 0.25) is 0 Å². The Morgan fingerprint density at radius 2 is 1.88 bits per heavy atom. The Morgan fingerprint density at radius 1 is 1.20 bits per heavy atom. The monoisotopic (exact) mass is 344 g/mol. The van der Waals surface area contributed by atoms with Gasteiger partial charge in [0.1, 0.15) is 0 Å². The van der Waals surface area contributed by atoms with Gasteiger partial charge in [0.05, 0.1) is 31.7 Å². The first-order valence-corrected chi connectivity index (χ1v) is 8.80. The van der Waals surface area contributed by atoms with Crippen molar-refractivity contribution in [3.8, 4) is 0 Å². The summed E-state index contributed by atoms with van der Waals surface area (Å²) in [6, 6.07) is 8.74. The van der Waals surface area contributed by atoms with E-state index in [1.54, 1.807) is 0 Å². The number of carbonyl (C=O) groups excluding carboxylic acids is 3. The molecule has 2 aliphatic rings. The second kappa shape index (κ2) is 7.35. The largest absolute Gasteiger partial charge is 0.469 e. The Morgan fingerprint density at radius 3 is 2.52 bits per heavy atom. The lowest BCUT2D eigenvalue weighted by Crippen LogP contribution is -2.70. The van der Waals surface area contributed by atoms with E-state index < -0.39 is 17.6 Å². The zero-order chi connectivity index (χ0) is 17.9. The Labute approximate surface area is 147 Å². The molecule has 2 amide bonds. The molecule has 1 saturated carbocycles. The van der Waals surface area contributed by atoms with Gasteiger partial charge in [-0.2, -0.15) is 0 Å². The van der Waals surface area contributed by atoms with Crippen LogP contribution in [0, 0.1) is 0 Å². The number of ether oxygens (including phenoxy) is 1. The minimum Gasteiger partial charge on any atom is -0.469 e. The lowest BCUT2D eigenvalue weighted by atomic mass is 9.78.